The van der Waals surface area contributed by atoms with Gasteiger partial charge in [-0.15, -0.1) is 0 Å². The molecule has 1 saturated carbocycles. The molecule has 26 heavy (non-hydrogen) atoms. The van der Waals surface area contributed by atoms with Gasteiger partial charge in [0.1, 0.15) is 11.6 Å². The molecule has 1 fully saturated rings. The molecule has 0 spiro atoms. The number of rotatable bonds is 7. The molecule has 1 atom stereocenters. The first-order valence-corrected chi connectivity index (χ1v) is 9.78. The van der Waals surface area contributed by atoms with Crippen LogP contribution in [0, 0.1) is 0 Å². The molecule has 1 aromatic carbocycles. The second-order valence-electron chi connectivity index (χ2n) is 6.64. The topological polar surface area (TPSA) is 68.2 Å². The molecule has 2 N–H and O–H groups in total. The van der Waals surface area contributed by atoms with Gasteiger partial charge in [0, 0.05) is 12.1 Å². The summed E-state index contributed by atoms with van der Waals surface area (Å²) in [5, 5.41) is 10.6. The molecule has 1 aromatic heterocycles. The number of carbonyl (C=O) groups excluding carboxylic acids is 1. The van der Waals surface area contributed by atoms with Gasteiger partial charge < -0.3 is 15.4 Å². The maximum atomic E-state index is 12.3. The molecular weight excluding hydrogens is 396 g/mol. The van der Waals surface area contributed by atoms with Crippen LogP contribution in [-0.4, -0.2) is 29.3 Å². The first kappa shape index (κ1) is 18.9. The van der Waals surface area contributed by atoms with Gasteiger partial charge in [-0.3, -0.25) is 4.79 Å². The molecule has 1 heterocycles. The Bertz CT molecular complexity index is 756. The maximum absolute atomic E-state index is 12.3. The highest BCUT2D eigenvalue weighted by Crippen LogP contribution is 2.31. The standard InChI is InChI=1S/C19H25BrN4O2/c1-13(14-7-8-17(26-2)16(20)11-14)21-12-19(25)23-18-9-10-22-24(18)15-5-3-4-6-15/h7-11,13,15,21H,3-6,12H2,1-2H3,(H,23,25). The molecule has 1 aliphatic rings. The second-order valence-corrected chi connectivity index (χ2v) is 7.50. The predicted molar refractivity (Wildman–Crippen MR) is 105 cm³/mol. The van der Waals surface area contributed by atoms with Gasteiger partial charge in [-0.05, 0) is 53.4 Å². The SMILES string of the molecule is COc1ccc(C(C)NCC(=O)Nc2ccnn2C2CCCC2)cc1Br. The minimum absolute atomic E-state index is 0.0442. The molecule has 6 nitrogen and oxygen atoms in total. The van der Waals surface area contributed by atoms with Gasteiger partial charge >= 0.3 is 0 Å². The Balaban J connectivity index is 1.54. The predicted octanol–water partition coefficient (Wildman–Crippen LogP) is 4.06. The molecule has 0 bridgehead atoms. The van der Waals surface area contributed by atoms with Crippen molar-refractivity contribution in [1.82, 2.24) is 15.1 Å². The van der Waals surface area contributed by atoms with Crippen LogP contribution in [0.25, 0.3) is 0 Å². The molecule has 7 heteroatoms. The summed E-state index contributed by atoms with van der Waals surface area (Å²) in [7, 11) is 1.64. The fraction of sp³-hybridized carbons (Fsp3) is 0.474. The van der Waals surface area contributed by atoms with Crippen LogP contribution in [0.2, 0.25) is 0 Å². The number of nitrogens with zero attached hydrogens (tertiary/aromatic N) is 2. The summed E-state index contributed by atoms with van der Waals surface area (Å²) in [5.74, 6) is 1.51. The molecule has 0 aliphatic heterocycles. The van der Waals surface area contributed by atoms with E-state index in [1.54, 1.807) is 13.3 Å². The number of benzene rings is 1. The number of halogens is 1. The monoisotopic (exact) mass is 420 g/mol. The van der Waals surface area contributed by atoms with Crippen molar-refractivity contribution in [2.24, 2.45) is 0 Å². The number of hydrogen-bond acceptors (Lipinski definition) is 4. The van der Waals surface area contributed by atoms with Crippen LogP contribution >= 0.6 is 15.9 Å². The summed E-state index contributed by atoms with van der Waals surface area (Å²) in [6.07, 6.45) is 6.47. The average molecular weight is 421 g/mol. The Kier molecular flexibility index (Phi) is 6.32. The van der Waals surface area contributed by atoms with E-state index < -0.39 is 0 Å². The summed E-state index contributed by atoms with van der Waals surface area (Å²) < 4.78 is 8.10. The molecule has 2 aromatic rings. The molecule has 1 amide bonds. The Morgan fingerprint density at radius 1 is 1.38 bits per heavy atom. The highest BCUT2D eigenvalue weighted by atomic mass is 79.9. The number of amides is 1. The largest absolute Gasteiger partial charge is 0.496 e. The van der Waals surface area contributed by atoms with E-state index in [0.29, 0.717) is 6.04 Å². The Hall–Kier alpha value is -1.86. The molecule has 1 aliphatic carbocycles. The number of aromatic nitrogens is 2. The quantitative estimate of drug-likeness (QED) is 0.708. The number of hydrogen-bond donors (Lipinski definition) is 2. The highest BCUT2D eigenvalue weighted by molar-refractivity contribution is 9.10. The van der Waals surface area contributed by atoms with E-state index in [-0.39, 0.29) is 18.5 Å². The smallest absolute Gasteiger partial charge is 0.239 e. The lowest BCUT2D eigenvalue weighted by molar-refractivity contribution is -0.115. The van der Waals surface area contributed by atoms with Crippen LogP contribution in [0.4, 0.5) is 5.82 Å². The molecule has 140 valence electrons. The third-order valence-corrected chi connectivity index (χ3v) is 5.47. The number of nitrogens with one attached hydrogen (secondary N) is 2. The molecule has 3 rings (SSSR count). The normalized spacial score (nSPS) is 15.8. The van der Waals surface area contributed by atoms with E-state index in [1.165, 1.54) is 12.8 Å². The number of methoxy groups -OCH3 is 1. The first-order chi connectivity index (χ1) is 12.6. The lowest BCUT2D eigenvalue weighted by Crippen LogP contribution is -2.31. The van der Waals surface area contributed by atoms with E-state index in [4.69, 9.17) is 4.74 Å². The fourth-order valence-electron chi connectivity index (χ4n) is 3.36. The van der Waals surface area contributed by atoms with Gasteiger partial charge in [-0.25, -0.2) is 4.68 Å². The minimum Gasteiger partial charge on any atom is -0.496 e. The van der Waals surface area contributed by atoms with Crippen molar-refractivity contribution >= 4 is 27.7 Å². The molecular formula is C19H25BrN4O2. The van der Waals surface area contributed by atoms with Gasteiger partial charge in [0.15, 0.2) is 0 Å². The number of carbonyl (C=O) groups is 1. The van der Waals surface area contributed by atoms with E-state index >= 15 is 0 Å². The van der Waals surface area contributed by atoms with Crippen molar-refractivity contribution in [3.63, 3.8) is 0 Å². The van der Waals surface area contributed by atoms with E-state index in [2.05, 4.69) is 31.7 Å². The van der Waals surface area contributed by atoms with E-state index in [9.17, 15) is 4.79 Å². The van der Waals surface area contributed by atoms with Crippen molar-refractivity contribution in [2.45, 2.75) is 44.7 Å². The van der Waals surface area contributed by atoms with Crippen LogP contribution in [-0.2, 0) is 4.79 Å². The average Bonchev–Trinajstić information content (AvgIpc) is 3.30. The van der Waals surface area contributed by atoms with Crippen molar-refractivity contribution in [1.29, 1.82) is 0 Å². The number of anilines is 1. The summed E-state index contributed by atoms with van der Waals surface area (Å²) >= 11 is 3.49. The zero-order chi connectivity index (χ0) is 18.5. The van der Waals surface area contributed by atoms with Crippen molar-refractivity contribution in [2.75, 3.05) is 19.0 Å². The van der Waals surface area contributed by atoms with Crippen LogP contribution in [0.15, 0.2) is 34.9 Å². The van der Waals surface area contributed by atoms with Crippen molar-refractivity contribution < 1.29 is 9.53 Å². The summed E-state index contributed by atoms with van der Waals surface area (Å²) in [6.45, 7) is 2.27. The fourth-order valence-corrected chi connectivity index (χ4v) is 3.91. The molecule has 1 unspecified atom stereocenters. The zero-order valence-electron chi connectivity index (χ0n) is 15.2. The van der Waals surface area contributed by atoms with E-state index in [1.807, 2.05) is 35.9 Å². The van der Waals surface area contributed by atoms with Crippen LogP contribution in [0.3, 0.4) is 0 Å². The molecule has 0 radical (unpaired) electrons. The zero-order valence-corrected chi connectivity index (χ0v) is 16.8. The minimum atomic E-state index is -0.0656. The lowest BCUT2D eigenvalue weighted by atomic mass is 10.1. The summed E-state index contributed by atoms with van der Waals surface area (Å²) in [5.41, 5.74) is 1.08. The molecule has 0 saturated heterocycles. The summed E-state index contributed by atoms with van der Waals surface area (Å²) in [4.78, 5) is 12.3. The summed E-state index contributed by atoms with van der Waals surface area (Å²) in [6, 6.07) is 8.22. The third-order valence-electron chi connectivity index (χ3n) is 4.85. The van der Waals surface area contributed by atoms with Gasteiger partial charge in [0.05, 0.1) is 30.4 Å². The lowest BCUT2D eigenvalue weighted by Gasteiger charge is -2.17. The highest BCUT2D eigenvalue weighted by Gasteiger charge is 2.20. The van der Waals surface area contributed by atoms with Gasteiger partial charge in [-0.2, -0.15) is 5.10 Å². The van der Waals surface area contributed by atoms with Crippen LogP contribution in [0.5, 0.6) is 5.75 Å². The Morgan fingerprint density at radius 3 is 2.85 bits per heavy atom. The maximum Gasteiger partial charge on any atom is 0.239 e. The van der Waals surface area contributed by atoms with Gasteiger partial charge in [-0.1, -0.05) is 18.9 Å². The second kappa shape index (κ2) is 8.68. The first-order valence-electron chi connectivity index (χ1n) is 8.98. The van der Waals surface area contributed by atoms with Gasteiger partial charge in [0.2, 0.25) is 5.91 Å². The van der Waals surface area contributed by atoms with Crippen molar-refractivity contribution in [3.05, 3.63) is 40.5 Å². The Morgan fingerprint density at radius 2 is 2.15 bits per heavy atom. The van der Waals surface area contributed by atoms with Crippen LogP contribution < -0.4 is 15.4 Å². The van der Waals surface area contributed by atoms with Gasteiger partial charge in [0.25, 0.3) is 0 Å². The number of ether oxygens (including phenoxy) is 1. The van der Waals surface area contributed by atoms with Crippen molar-refractivity contribution in [3.8, 4) is 5.75 Å². The Labute approximate surface area is 162 Å². The van der Waals surface area contributed by atoms with Crippen LogP contribution in [0.1, 0.15) is 50.3 Å². The van der Waals surface area contributed by atoms with E-state index in [0.717, 1.165) is 34.4 Å². The third kappa shape index (κ3) is 4.45.